The van der Waals surface area contributed by atoms with E-state index < -0.39 is 23.7 Å². The van der Waals surface area contributed by atoms with Crippen LogP contribution in [0.2, 0.25) is 0 Å². The van der Waals surface area contributed by atoms with Gasteiger partial charge >= 0.3 is 17.8 Å². The van der Waals surface area contributed by atoms with E-state index in [0.717, 1.165) is 0 Å². The molecule has 1 aromatic carbocycles. The van der Waals surface area contributed by atoms with Crippen LogP contribution in [0.3, 0.4) is 0 Å². The second-order valence-electron chi connectivity index (χ2n) is 4.18. The zero-order valence-electron chi connectivity index (χ0n) is 10.4. The molecular formula is C12H10FN3O3S. The third-order valence-corrected chi connectivity index (χ3v) is 3.14. The second-order valence-corrected chi connectivity index (χ2v) is 4.62. The SMILES string of the molecule is CN1C(=O)C(=O)N(Cc2cccc(C(N)=S)c2F)C1=O. The Labute approximate surface area is 118 Å². The predicted octanol–water partition coefficient (Wildman–Crippen LogP) is 0.380. The highest BCUT2D eigenvalue weighted by Gasteiger charge is 2.42. The minimum atomic E-state index is -0.988. The van der Waals surface area contributed by atoms with Crippen LogP contribution < -0.4 is 5.73 Å². The summed E-state index contributed by atoms with van der Waals surface area (Å²) in [5.41, 5.74) is 5.45. The lowest BCUT2D eigenvalue weighted by molar-refractivity contribution is -0.143. The van der Waals surface area contributed by atoms with E-state index in [0.29, 0.717) is 9.80 Å². The Kier molecular flexibility index (Phi) is 3.49. The number of likely N-dealkylation sites (N-methyl/N-ethyl adjacent to an activating group) is 1. The number of hydrogen-bond acceptors (Lipinski definition) is 4. The van der Waals surface area contributed by atoms with Crippen molar-refractivity contribution in [1.82, 2.24) is 9.80 Å². The summed E-state index contributed by atoms with van der Waals surface area (Å²) in [7, 11) is 1.18. The van der Waals surface area contributed by atoms with Gasteiger partial charge in [-0.3, -0.25) is 19.4 Å². The molecule has 0 bridgehead atoms. The van der Waals surface area contributed by atoms with Crippen molar-refractivity contribution in [3.63, 3.8) is 0 Å². The van der Waals surface area contributed by atoms with Gasteiger partial charge in [-0.2, -0.15) is 0 Å². The number of nitrogens with two attached hydrogens (primary N) is 1. The van der Waals surface area contributed by atoms with Crippen LogP contribution in [0.5, 0.6) is 0 Å². The lowest BCUT2D eigenvalue weighted by Gasteiger charge is -2.14. The first-order chi connectivity index (χ1) is 9.34. The van der Waals surface area contributed by atoms with Gasteiger partial charge in [0.1, 0.15) is 10.8 Å². The Balaban J connectivity index is 2.34. The molecule has 2 N–H and O–H groups in total. The number of carbonyl (C=O) groups is 3. The van der Waals surface area contributed by atoms with Gasteiger partial charge in [-0.15, -0.1) is 0 Å². The van der Waals surface area contributed by atoms with E-state index in [2.05, 4.69) is 0 Å². The number of carbonyl (C=O) groups excluding carboxylic acids is 3. The molecule has 8 heteroatoms. The third kappa shape index (κ3) is 2.14. The van der Waals surface area contributed by atoms with Crippen molar-refractivity contribution >= 4 is 35.1 Å². The van der Waals surface area contributed by atoms with Crippen LogP contribution in [-0.4, -0.2) is 39.7 Å². The molecule has 0 aromatic heterocycles. The normalized spacial score (nSPS) is 15.2. The molecule has 1 heterocycles. The van der Waals surface area contributed by atoms with Crippen LogP contribution in [0.4, 0.5) is 9.18 Å². The topological polar surface area (TPSA) is 83.7 Å². The number of hydrogen-bond donors (Lipinski definition) is 1. The first-order valence-corrected chi connectivity index (χ1v) is 5.96. The van der Waals surface area contributed by atoms with Gasteiger partial charge in [-0.1, -0.05) is 24.4 Å². The summed E-state index contributed by atoms with van der Waals surface area (Å²) >= 11 is 4.70. The molecule has 0 radical (unpaired) electrons. The summed E-state index contributed by atoms with van der Waals surface area (Å²) in [5.74, 6) is -2.64. The molecule has 1 aliphatic heterocycles. The van der Waals surface area contributed by atoms with Gasteiger partial charge in [0.2, 0.25) is 0 Å². The van der Waals surface area contributed by atoms with Gasteiger partial charge in [0.15, 0.2) is 0 Å². The summed E-state index contributed by atoms with van der Waals surface area (Å²) in [6.45, 7) is -0.351. The molecule has 6 nitrogen and oxygen atoms in total. The largest absolute Gasteiger partial charge is 0.389 e. The summed E-state index contributed by atoms with van der Waals surface area (Å²) in [4.78, 5) is 35.9. The highest BCUT2D eigenvalue weighted by Crippen LogP contribution is 2.18. The fraction of sp³-hybridized carbons (Fsp3) is 0.167. The zero-order chi connectivity index (χ0) is 15.0. The first kappa shape index (κ1) is 14.1. The number of urea groups is 1. The predicted molar refractivity (Wildman–Crippen MR) is 71.0 cm³/mol. The van der Waals surface area contributed by atoms with E-state index in [1.165, 1.54) is 25.2 Å². The Morgan fingerprint density at radius 2 is 1.95 bits per heavy atom. The molecule has 1 saturated heterocycles. The van der Waals surface area contributed by atoms with Gasteiger partial charge in [0.05, 0.1) is 6.54 Å². The minimum Gasteiger partial charge on any atom is -0.389 e. The average molecular weight is 295 g/mol. The molecule has 104 valence electrons. The van der Waals surface area contributed by atoms with Gasteiger partial charge in [0.25, 0.3) is 0 Å². The van der Waals surface area contributed by atoms with Crippen molar-refractivity contribution in [3.05, 3.63) is 35.1 Å². The second kappa shape index (κ2) is 4.97. The standard InChI is InChI=1S/C12H10FN3O3S/c1-15-10(17)11(18)16(12(15)19)5-6-3-2-4-7(8(6)13)9(14)20/h2-4H,5H2,1H3,(H2,14,20). The molecule has 1 aromatic rings. The Morgan fingerprint density at radius 3 is 2.45 bits per heavy atom. The summed E-state index contributed by atoms with van der Waals surface area (Å²) in [6, 6.07) is 3.50. The molecular weight excluding hydrogens is 285 g/mol. The van der Waals surface area contributed by atoms with E-state index in [4.69, 9.17) is 18.0 Å². The Morgan fingerprint density at radius 1 is 1.30 bits per heavy atom. The minimum absolute atomic E-state index is 0.0243. The molecule has 0 aliphatic carbocycles. The van der Waals surface area contributed by atoms with E-state index >= 15 is 0 Å². The fourth-order valence-electron chi connectivity index (χ4n) is 1.82. The van der Waals surface area contributed by atoms with Crippen molar-refractivity contribution in [2.75, 3.05) is 7.05 Å². The molecule has 0 saturated carbocycles. The maximum absolute atomic E-state index is 14.1. The molecule has 0 spiro atoms. The van der Waals surface area contributed by atoms with Crippen LogP contribution in [0.25, 0.3) is 0 Å². The zero-order valence-corrected chi connectivity index (χ0v) is 11.2. The Hall–Kier alpha value is -2.35. The number of amides is 4. The van der Waals surface area contributed by atoms with Crippen LogP contribution >= 0.6 is 12.2 Å². The van der Waals surface area contributed by atoms with Crippen molar-refractivity contribution < 1.29 is 18.8 Å². The number of rotatable bonds is 3. The molecule has 2 rings (SSSR count). The number of benzene rings is 1. The molecule has 20 heavy (non-hydrogen) atoms. The van der Waals surface area contributed by atoms with E-state index in [-0.39, 0.29) is 22.7 Å². The molecule has 4 amide bonds. The lowest BCUT2D eigenvalue weighted by atomic mass is 10.1. The van der Waals surface area contributed by atoms with Gasteiger partial charge in [-0.05, 0) is 6.07 Å². The first-order valence-electron chi connectivity index (χ1n) is 5.55. The Bertz CT molecular complexity index is 647. The highest BCUT2D eigenvalue weighted by molar-refractivity contribution is 7.80. The highest BCUT2D eigenvalue weighted by atomic mass is 32.1. The number of nitrogens with zero attached hydrogens (tertiary/aromatic N) is 2. The number of thiocarbonyl (C=S) groups is 1. The summed E-state index contributed by atoms with van der Waals surface area (Å²) in [6.07, 6.45) is 0. The number of imide groups is 2. The van der Waals surface area contributed by atoms with Crippen molar-refractivity contribution in [1.29, 1.82) is 0 Å². The molecule has 0 atom stereocenters. The van der Waals surface area contributed by atoms with Crippen molar-refractivity contribution in [3.8, 4) is 0 Å². The third-order valence-electron chi connectivity index (χ3n) is 2.92. The molecule has 1 aliphatic rings. The smallest absolute Gasteiger partial charge is 0.334 e. The van der Waals surface area contributed by atoms with Crippen molar-refractivity contribution in [2.24, 2.45) is 5.73 Å². The summed E-state index contributed by atoms with van der Waals surface area (Å²) in [5, 5.41) is 0. The van der Waals surface area contributed by atoms with Gasteiger partial charge < -0.3 is 5.73 Å². The van der Waals surface area contributed by atoms with E-state index in [1.54, 1.807) is 0 Å². The summed E-state index contributed by atoms with van der Waals surface area (Å²) < 4.78 is 14.1. The van der Waals surface area contributed by atoms with Crippen LogP contribution in [0.15, 0.2) is 18.2 Å². The number of halogens is 1. The van der Waals surface area contributed by atoms with Crippen LogP contribution in [0.1, 0.15) is 11.1 Å². The van der Waals surface area contributed by atoms with E-state index in [9.17, 15) is 18.8 Å². The van der Waals surface area contributed by atoms with Gasteiger partial charge in [0, 0.05) is 18.2 Å². The quantitative estimate of drug-likeness (QED) is 0.495. The fourth-order valence-corrected chi connectivity index (χ4v) is 1.97. The van der Waals surface area contributed by atoms with Crippen LogP contribution in [-0.2, 0) is 16.1 Å². The average Bonchev–Trinajstić information content (AvgIpc) is 2.58. The molecule has 0 unspecified atom stereocenters. The monoisotopic (exact) mass is 295 g/mol. The maximum Gasteiger partial charge on any atom is 0.334 e. The van der Waals surface area contributed by atoms with Crippen molar-refractivity contribution in [2.45, 2.75) is 6.54 Å². The van der Waals surface area contributed by atoms with Crippen LogP contribution in [0, 0.1) is 5.82 Å². The molecule has 1 fully saturated rings. The lowest BCUT2D eigenvalue weighted by Crippen LogP contribution is -2.31. The van der Waals surface area contributed by atoms with E-state index in [1.807, 2.05) is 0 Å². The maximum atomic E-state index is 14.1. The van der Waals surface area contributed by atoms with Gasteiger partial charge in [-0.25, -0.2) is 9.18 Å².